The Hall–Kier alpha value is -0.870. The van der Waals surface area contributed by atoms with Gasteiger partial charge in [0.25, 0.3) is 0 Å². The van der Waals surface area contributed by atoms with Crippen LogP contribution in [0.25, 0.3) is 0 Å². The summed E-state index contributed by atoms with van der Waals surface area (Å²) in [6.07, 6.45) is 1.01. The minimum atomic E-state index is 0.908. The fourth-order valence-corrected chi connectivity index (χ4v) is 1.90. The zero-order valence-corrected chi connectivity index (χ0v) is 11.7. The lowest BCUT2D eigenvalue weighted by atomic mass is 10.3. The van der Waals surface area contributed by atoms with Crippen molar-refractivity contribution < 1.29 is 0 Å². The molecule has 98 valence electrons. The standard InChI is InChI=1S/C13H26N4/c1-5-12-10-13(16(4)15-12)11-14-8-9-17(6-2)7-3/h10,14H,5-9,11H2,1-4H3. The number of aromatic nitrogens is 2. The number of hydrogen-bond acceptors (Lipinski definition) is 3. The Morgan fingerprint density at radius 1 is 1.29 bits per heavy atom. The molecule has 1 aromatic heterocycles. The van der Waals surface area contributed by atoms with Gasteiger partial charge in [0.1, 0.15) is 0 Å². The molecule has 1 aromatic rings. The molecule has 17 heavy (non-hydrogen) atoms. The summed E-state index contributed by atoms with van der Waals surface area (Å²) in [4.78, 5) is 2.42. The van der Waals surface area contributed by atoms with Crippen molar-refractivity contribution in [2.75, 3.05) is 26.2 Å². The average Bonchev–Trinajstić information content (AvgIpc) is 2.70. The van der Waals surface area contributed by atoms with Gasteiger partial charge in [0.15, 0.2) is 0 Å². The summed E-state index contributed by atoms with van der Waals surface area (Å²) < 4.78 is 1.98. The quantitative estimate of drug-likeness (QED) is 0.695. The van der Waals surface area contributed by atoms with Gasteiger partial charge >= 0.3 is 0 Å². The van der Waals surface area contributed by atoms with Crippen LogP contribution in [0, 0.1) is 0 Å². The second-order valence-corrected chi connectivity index (χ2v) is 4.31. The van der Waals surface area contributed by atoms with Crippen molar-refractivity contribution in [1.29, 1.82) is 0 Å². The van der Waals surface area contributed by atoms with Gasteiger partial charge in [-0.2, -0.15) is 5.10 Å². The summed E-state index contributed by atoms with van der Waals surface area (Å²) >= 11 is 0. The van der Waals surface area contributed by atoms with Gasteiger partial charge in [-0.25, -0.2) is 0 Å². The number of hydrogen-bond donors (Lipinski definition) is 1. The number of nitrogens with one attached hydrogen (secondary N) is 1. The predicted octanol–water partition coefficient (Wildman–Crippen LogP) is 1.41. The molecule has 0 aliphatic carbocycles. The summed E-state index contributed by atoms with van der Waals surface area (Å²) in [7, 11) is 2.01. The van der Waals surface area contributed by atoms with Gasteiger partial charge in [0.2, 0.25) is 0 Å². The van der Waals surface area contributed by atoms with Gasteiger partial charge < -0.3 is 10.2 Å². The average molecular weight is 238 g/mol. The third-order valence-electron chi connectivity index (χ3n) is 3.19. The number of likely N-dealkylation sites (N-methyl/N-ethyl adjacent to an activating group) is 1. The summed E-state index contributed by atoms with van der Waals surface area (Å²) in [5.74, 6) is 0. The minimum Gasteiger partial charge on any atom is -0.310 e. The van der Waals surface area contributed by atoms with Crippen LogP contribution in [0.5, 0.6) is 0 Å². The second-order valence-electron chi connectivity index (χ2n) is 4.31. The molecule has 4 nitrogen and oxygen atoms in total. The van der Waals surface area contributed by atoms with Gasteiger partial charge in [0.05, 0.1) is 11.4 Å². The first-order valence-corrected chi connectivity index (χ1v) is 6.66. The van der Waals surface area contributed by atoms with E-state index in [1.54, 1.807) is 0 Å². The molecule has 0 radical (unpaired) electrons. The number of rotatable bonds is 8. The molecule has 1 rings (SSSR count). The first kappa shape index (κ1) is 14.2. The lowest BCUT2D eigenvalue weighted by molar-refractivity contribution is 0.301. The lowest BCUT2D eigenvalue weighted by Gasteiger charge is -2.17. The third-order valence-corrected chi connectivity index (χ3v) is 3.19. The van der Waals surface area contributed by atoms with Crippen LogP contribution in [0.1, 0.15) is 32.2 Å². The SMILES string of the molecule is CCc1cc(CNCCN(CC)CC)n(C)n1. The molecule has 1 N–H and O–H groups in total. The predicted molar refractivity (Wildman–Crippen MR) is 72.1 cm³/mol. The summed E-state index contributed by atoms with van der Waals surface area (Å²) in [5, 5.41) is 7.92. The van der Waals surface area contributed by atoms with Gasteiger partial charge in [0, 0.05) is 26.7 Å². The molecular formula is C13H26N4. The van der Waals surface area contributed by atoms with Gasteiger partial charge in [-0.1, -0.05) is 20.8 Å². The maximum absolute atomic E-state index is 4.44. The van der Waals surface area contributed by atoms with Crippen molar-refractivity contribution in [2.45, 2.75) is 33.7 Å². The lowest BCUT2D eigenvalue weighted by Crippen LogP contribution is -2.31. The smallest absolute Gasteiger partial charge is 0.0625 e. The molecule has 0 saturated carbocycles. The van der Waals surface area contributed by atoms with E-state index in [1.165, 1.54) is 11.4 Å². The van der Waals surface area contributed by atoms with Crippen LogP contribution >= 0.6 is 0 Å². The molecular weight excluding hydrogens is 212 g/mol. The van der Waals surface area contributed by atoms with E-state index in [2.05, 4.69) is 42.2 Å². The molecule has 1 heterocycles. The topological polar surface area (TPSA) is 33.1 Å². The molecule has 0 aromatic carbocycles. The van der Waals surface area contributed by atoms with Crippen molar-refractivity contribution in [2.24, 2.45) is 7.05 Å². The van der Waals surface area contributed by atoms with E-state index in [0.717, 1.165) is 39.1 Å². The summed E-state index contributed by atoms with van der Waals surface area (Å²) in [6, 6.07) is 2.18. The van der Waals surface area contributed by atoms with E-state index in [-0.39, 0.29) is 0 Å². The van der Waals surface area contributed by atoms with E-state index in [0.29, 0.717) is 0 Å². The van der Waals surface area contributed by atoms with Crippen LogP contribution in [0.4, 0.5) is 0 Å². The van der Waals surface area contributed by atoms with Crippen molar-refractivity contribution in [3.05, 3.63) is 17.5 Å². The van der Waals surface area contributed by atoms with E-state index in [4.69, 9.17) is 0 Å². The summed E-state index contributed by atoms with van der Waals surface area (Å²) in [6.45, 7) is 11.9. The first-order valence-electron chi connectivity index (χ1n) is 6.66. The Morgan fingerprint density at radius 3 is 2.53 bits per heavy atom. The monoisotopic (exact) mass is 238 g/mol. The minimum absolute atomic E-state index is 0.908. The highest BCUT2D eigenvalue weighted by molar-refractivity contribution is 5.09. The van der Waals surface area contributed by atoms with Crippen LogP contribution in [-0.4, -0.2) is 40.9 Å². The molecule has 0 fully saturated rings. The zero-order chi connectivity index (χ0) is 12.7. The molecule has 0 spiro atoms. The van der Waals surface area contributed by atoms with E-state index >= 15 is 0 Å². The number of nitrogens with zero attached hydrogens (tertiary/aromatic N) is 3. The molecule has 0 atom stereocenters. The second kappa shape index (κ2) is 7.45. The molecule has 0 aliphatic heterocycles. The highest BCUT2D eigenvalue weighted by atomic mass is 15.3. The van der Waals surface area contributed by atoms with Crippen LogP contribution in [0.15, 0.2) is 6.07 Å². The number of aryl methyl sites for hydroxylation is 2. The normalized spacial score (nSPS) is 11.4. The third kappa shape index (κ3) is 4.48. The van der Waals surface area contributed by atoms with E-state index in [9.17, 15) is 0 Å². The van der Waals surface area contributed by atoms with Crippen molar-refractivity contribution in [3.8, 4) is 0 Å². The molecule has 0 unspecified atom stereocenters. The van der Waals surface area contributed by atoms with Gasteiger partial charge in [-0.15, -0.1) is 0 Å². The Balaban J connectivity index is 2.28. The Kier molecular flexibility index (Phi) is 6.22. The Bertz CT molecular complexity index is 315. The van der Waals surface area contributed by atoms with Gasteiger partial charge in [-0.3, -0.25) is 4.68 Å². The Morgan fingerprint density at radius 2 is 2.00 bits per heavy atom. The zero-order valence-electron chi connectivity index (χ0n) is 11.7. The molecule has 0 amide bonds. The van der Waals surface area contributed by atoms with Crippen molar-refractivity contribution >= 4 is 0 Å². The highest BCUT2D eigenvalue weighted by Gasteiger charge is 2.03. The van der Waals surface area contributed by atoms with E-state index in [1.807, 2.05) is 11.7 Å². The van der Waals surface area contributed by atoms with Crippen LogP contribution in [0.3, 0.4) is 0 Å². The van der Waals surface area contributed by atoms with Crippen molar-refractivity contribution in [1.82, 2.24) is 20.0 Å². The highest BCUT2D eigenvalue weighted by Crippen LogP contribution is 2.03. The first-order chi connectivity index (χ1) is 8.21. The maximum Gasteiger partial charge on any atom is 0.0625 e. The van der Waals surface area contributed by atoms with Crippen LogP contribution < -0.4 is 5.32 Å². The fraction of sp³-hybridized carbons (Fsp3) is 0.769. The fourth-order valence-electron chi connectivity index (χ4n) is 1.90. The maximum atomic E-state index is 4.44. The van der Waals surface area contributed by atoms with Crippen LogP contribution in [0.2, 0.25) is 0 Å². The summed E-state index contributed by atoms with van der Waals surface area (Å²) in [5.41, 5.74) is 2.44. The largest absolute Gasteiger partial charge is 0.310 e. The molecule has 0 aliphatic rings. The van der Waals surface area contributed by atoms with E-state index < -0.39 is 0 Å². The molecule has 0 saturated heterocycles. The van der Waals surface area contributed by atoms with Crippen LogP contribution in [-0.2, 0) is 20.0 Å². The van der Waals surface area contributed by atoms with Gasteiger partial charge in [-0.05, 0) is 25.6 Å². The van der Waals surface area contributed by atoms with Crippen molar-refractivity contribution in [3.63, 3.8) is 0 Å². The molecule has 4 heteroatoms. The molecule has 0 bridgehead atoms. The Labute approximate surface area is 105 Å².